The lowest BCUT2D eigenvalue weighted by atomic mass is 10.2. The van der Waals surface area contributed by atoms with Crippen molar-refractivity contribution in [1.29, 1.82) is 0 Å². The van der Waals surface area contributed by atoms with Crippen LogP contribution in [0.2, 0.25) is 0 Å². The number of halogens is 1. The molecular weight excluding hydrogens is 244 g/mol. The molecule has 0 aromatic heterocycles. The number of rotatable bonds is 3. The summed E-state index contributed by atoms with van der Waals surface area (Å²) < 4.78 is 21.3. The molecule has 0 saturated heterocycles. The van der Waals surface area contributed by atoms with Gasteiger partial charge < -0.3 is 5.11 Å². The van der Waals surface area contributed by atoms with Crippen LogP contribution in [0, 0.1) is 5.92 Å². The first-order chi connectivity index (χ1) is 5.27. The first-order valence-electron chi connectivity index (χ1n) is 3.83. The monoisotopic (exact) mass is 256 g/mol. The summed E-state index contributed by atoms with van der Waals surface area (Å²) in [7, 11) is -3.24. The summed E-state index contributed by atoms with van der Waals surface area (Å²) in [4.78, 5) is 0. The number of sulfone groups is 1. The maximum atomic E-state index is 11.2. The predicted molar refractivity (Wildman–Crippen MR) is 50.9 cm³/mol. The van der Waals surface area contributed by atoms with Crippen LogP contribution in [0.1, 0.15) is 19.8 Å². The standard InChI is InChI=1S/C7H13BrO3S/c1-7(8,12(2,10)11)6(9)5-3-4-5/h5-6,9H,3-4H2,1-2H3/t6-,7-/m1/s1. The molecule has 0 bridgehead atoms. The molecule has 0 radical (unpaired) electrons. The van der Waals surface area contributed by atoms with Crippen LogP contribution in [-0.4, -0.2) is 29.5 Å². The van der Waals surface area contributed by atoms with Crippen LogP contribution >= 0.6 is 15.9 Å². The Bertz CT molecular complexity index is 266. The van der Waals surface area contributed by atoms with Crippen LogP contribution in [0.4, 0.5) is 0 Å². The summed E-state index contributed by atoms with van der Waals surface area (Å²) in [5.74, 6) is 0.157. The van der Waals surface area contributed by atoms with E-state index in [1.54, 1.807) is 0 Å². The van der Waals surface area contributed by atoms with Gasteiger partial charge in [-0.2, -0.15) is 0 Å². The van der Waals surface area contributed by atoms with Crippen molar-refractivity contribution >= 4 is 25.8 Å². The van der Waals surface area contributed by atoms with Gasteiger partial charge in [-0.15, -0.1) is 0 Å². The zero-order valence-corrected chi connectivity index (χ0v) is 9.52. The van der Waals surface area contributed by atoms with Crippen molar-refractivity contribution in [2.45, 2.75) is 29.5 Å². The first-order valence-corrected chi connectivity index (χ1v) is 6.52. The molecular formula is C7H13BrO3S. The molecule has 3 nitrogen and oxygen atoms in total. The molecule has 0 aliphatic heterocycles. The van der Waals surface area contributed by atoms with Crippen LogP contribution in [0.3, 0.4) is 0 Å². The van der Waals surface area contributed by atoms with E-state index in [0.717, 1.165) is 19.1 Å². The van der Waals surface area contributed by atoms with Gasteiger partial charge in [0.15, 0.2) is 9.84 Å². The van der Waals surface area contributed by atoms with Gasteiger partial charge in [-0.1, -0.05) is 15.9 Å². The number of alkyl halides is 1. The Hall–Kier alpha value is 0.390. The molecule has 2 atom stereocenters. The van der Waals surface area contributed by atoms with Crippen molar-refractivity contribution in [2.24, 2.45) is 5.92 Å². The third-order valence-electron chi connectivity index (χ3n) is 2.32. The highest BCUT2D eigenvalue weighted by Crippen LogP contribution is 2.42. The third kappa shape index (κ3) is 1.83. The molecule has 1 saturated carbocycles. The molecule has 12 heavy (non-hydrogen) atoms. The Kier molecular flexibility index (Phi) is 2.58. The maximum Gasteiger partial charge on any atom is 0.165 e. The zero-order chi connectivity index (χ0) is 9.57. The quantitative estimate of drug-likeness (QED) is 0.765. The molecule has 0 aromatic carbocycles. The first kappa shape index (κ1) is 10.5. The number of aliphatic hydroxyl groups is 1. The van der Waals surface area contributed by atoms with E-state index >= 15 is 0 Å². The highest BCUT2D eigenvalue weighted by Gasteiger charge is 2.47. The second-order valence-corrected chi connectivity index (χ2v) is 8.10. The molecule has 0 heterocycles. The molecule has 5 heteroatoms. The Labute approximate surface area is 81.2 Å². The van der Waals surface area contributed by atoms with Gasteiger partial charge in [0.05, 0.1) is 6.10 Å². The molecule has 0 aromatic rings. The largest absolute Gasteiger partial charge is 0.390 e. The van der Waals surface area contributed by atoms with E-state index < -0.39 is 19.6 Å². The van der Waals surface area contributed by atoms with Gasteiger partial charge in [0.1, 0.15) is 3.66 Å². The Morgan fingerprint density at radius 3 is 2.25 bits per heavy atom. The van der Waals surface area contributed by atoms with E-state index in [4.69, 9.17) is 0 Å². The van der Waals surface area contributed by atoms with E-state index in [0.29, 0.717) is 0 Å². The van der Waals surface area contributed by atoms with Gasteiger partial charge in [-0.3, -0.25) is 0 Å². The Morgan fingerprint density at radius 2 is 2.00 bits per heavy atom. The molecule has 0 amide bonds. The molecule has 0 unspecified atom stereocenters. The Morgan fingerprint density at radius 1 is 1.58 bits per heavy atom. The van der Waals surface area contributed by atoms with Crippen molar-refractivity contribution < 1.29 is 13.5 Å². The van der Waals surface area contributed by atoms with E-state index in [1.807, 2.05) is 0 Å². The van der Waals surface area contributed by atoms with Gasteiger partial charge in [-0.25, -0.2) is 8.42 Å². The third-order valence-corrected chi connectivity index (χ3v) is 6.25. The molecule has 1 rings (SSSR count). The van der Waals surface area contributed by atoms with Gasteiger partial charge in [0.25, 0.3) is 0 Å². The normalized spacial score (nSPS) is 26.3. The molecule has 1 aliphatic carbocycles. The summed E-state index contributed by atoms with van der Waals surface area (Å²) in [6, 6.07) is 0. The lowest BCUT2D eigenvalue weighted by Crippen LogP contribution is -2.41. The predicted octanol–water partition coefficient (Wildman–Crippen LogP) is 0.913. The molecule has 1 fully saturated rings. The second-order valence-electron chi connectivity index (χ2n) is 3.54. The molecule has 1 N–H and O–H groups in total. The van der Waals surface area contributed by atoms with Gasteiger partial charge >= 0.3 is 0 Å². The van der Waals surface area contributed by atoms with Gasteiger partial charge in [0, 0.05) is 6.26 Å². The van der Waals surface area contributed by atoms with E-state index in [1.165, 1.54) is 6.92 Å². The fourth-order valence-corrected chi connectivity index (χ4v) is 2.06. The van der Waals surface area contributed by atoms with Crippen LogP contribution in [0.25, 0.3) is 0 Å². The highest BCUT2D eigenvalue weighted by atomic mass is 79.9. The highest BCUT2D eigenvalue weighted by molar-refractivity contribution is 9.11. The topological polar surface area (TPSA) is 54.4 Å². The fraction of sp³-hybridized carbons (Fsp3) is 1.00. The molecule has 0 spiro atoms. The SMILES string of the molecule is C[C@](Br)([C@H](O)C1CC1)S(C)(=O)=O. The lowest BCUT2D eigenvalue weighted by Gasteiger charge is -2.26. The van der Waals surface area contributed by atoms with Crippen molar-refractivity contribution in [2.75, 3.05) is 6.26 Å². The lowest BCUT2D eigenvalue weighted by molar-refractivity contribution is 0.142. The maximum absolute atomic E-state index is 11.2. The van der Waals surface area contributed by atoms with Crippen molar-refractivity contribution in [3.8, 4) is 0 Å². The van der Waals surface area contributed by atoms with Crippen LogP contribution < -0.4 is 0 Å². The van der Waals surface area contributed by atoms with Crippen molar-refractivity contribution in [3.05, 3.63) is 0 Å². The average Bonchev–Trinajstić information content (AvgIpc) is 2.64. The summed E-state index contributed by atoms with van der Waals surface area (Å²) in [6.07, 6.45) is 2.20. The van der Waals surface area contributed by atoms with E-state index in [2.05, 4.69) is 15.9 Å². The van der Waals surface area contributed by atoms with E-state index in [9.17, 15) is 13.5 Å². The van der Waals surface area contributed by atoms with Crippen molar-refractivity contribution in [1.82, 2.24) is 0 Å². The van der Waals surface area contributed by atoms with Crippen LogP contribution in [0.5, 0.6) is 0 Å². The minimum Gasteiger partial charge on any atom is -0.390 e. The summed E-state index contributed by atoms with van der Waals surface area (Å²) in [5, 5.41) is 9.63. The fourth-order valence-electron chi connectivity index (χ4n) is 1.05. The summed E-state index contributed by atoms with van der Waals surface area (Å²) in [5.41, 5.74) is 0. The van der Waals surface area contributed by atoms with Gasteiger partial charge in [-0.05, 0) is 25.7 Å². The summed E-state index contributed by atoms with van der Waals surface area (Å²) in [6.45, 7) is 1.51. The number of aliphatic hydroxyl groups excluding tert-OH is 1. The number of hydrogen-bond donors (Lipinski definition) is 1. The second kappa shape index (κ2) is 2.96. The molecule has 72 valence electrons. The minimum atomic E-state index is -3.24. The Balaban J connectivity index is 2.83. The van der Waals surface area contributed by atoms with Crippen LogP contribution in [0.15, 0.2) is 0 Å². The van der Waals surface area contributed by atoms with Gasteiger partial charge in [0.2, 0.25) is 0 Å². The summed E-state index contributed by atoms with van der Waals surface area (Å²) >= 11 is 3.07. The van der Waals surface area contributed by atoms with Crippen LogP contribution in [-0.2, 0) is 9.84 Å². The average molecular weight is 257 g/mol. The van der Waals surface area contributed by atoms with Crippen molar-refractivity contribution in [3.63, 3.8) is 0 Å². The zero-order valence-electron chi connectivity index (χ0n) is 7.12. The number of hydrogen-bond acceptors (Lipinski definition) is 3. The smallest absolute Gasteiger partial charge is 0.165 e. The van der Waals surface area contributed by atoms with E-state index in [-0.39, 0.29) is 5.92 Å². The molecule has 1 aliphatic rings. The minimum absolute atomic E-state index is 0.157.